The Kier molecular flexibility index (Phi) is 4.06. The van der Waals surface area contributed by atoms with Gasteiger partial charge in [0.1, 0.15) is 0 Å². The minimum atomic E-state index is 0.333. The molecule has 1 aliphatic rings. The van der Waals surface area contributed by atoms with E-state index in [1.54, 1.807) is 0 Å². The van der Waals surface area contributed by atoms with Crippen molar-refractivity contribution >= 4 is 0 Å². The highest BCUT2D eigenvalue weighted by molar-refractivity contribution is 5.32. The Bertz CT molecular complexity index is 421. The third kappa shape index (κ3) is 3.39. The van der Waals surface area contributed by atoms with E-state index in [1.807, 2.05) is 0 Å². The van der Waals surface area contributed by atoms with Crippen molar-refractivity contribution in [1.29, 1.82) is 0 Å². The smallest absolute Gasteiger partial charge is 0.0108 e. The van der Waals surface area contributed by atoms with Crippen LogP contribution in [0.25, 0.3) is 0 Å². The van der Waals surface area contributed by atoms with E-state index in [4.69, 9.17) is 5.73 Å². The Morgan fingerprint density at radius 2 is 1.58 bits per heavy atom. The first-order chi connectivity index (χ1) is 8.77. The molecule has 2 rings (SSSR count). The van der Waals surface area contributed by atoms with E-state index in [0.29, 0.717) is 17.4 Å². The van der Waals surface area contributed by atoms with Crippen molar-refractivity contribution in [2.45, 2.75) is 65.8 Å². The van der Waals surface area contributed by atoms with Gasteiger partial charge in [0.2, 0.25) is 0 Å². The molecular formula is C18H29N. The molecule has 0 aromatic heterocycles. The zero-order valence-corrected chi connectivity index (χ0v) is 13.2. The number of nitrogens with two attached hydrogens (primary N) is 1. The summed E-state index contributed by atoms with van der Waals surface area (Å²) in [5, 5.41) is 0. The normalized spacial score (nSPS) is 28.4. The molecule has 1 aromatic carbocycles. The lowest BCUT2D eigenvalue weighted by molar-refractivity contribution is 0.154. The molecule has 1 nitrogen and oxygen atoms in total. The molecule has 0 aliphatic heterocycles. The summed E-state index contributed by atoms with van der Waals surface area (Å²) in [6.45, 7) is 11.5. The average Bonchev–Trinajstić information content (AvgIpc) is 2.26. The predicted octanol–water partition coefficient (Wildman–Crippen LogP) is 4.56. The van der Waals surface area contributed by atoms with E-state index >= 15 is 0 Å². The summed E-state index contributed by atoms with van der Waals surface area (Å²) in [6.07, 6.45) is 3.69. The molecule has 0 heterocycles. The highest BCUT2D eigenvalue weighted by Crippen LogP contribution is 2.43. The van der Waals surface area contributed by atoms with Crippen LogP contribution in [0.4, 0.5) is 0 Å². The molecular weight excluding hydrogens is 230 g/mol. The maximum absolute atomic E-state index is 6.42. The third-order valence-electron chi connectivity index (χ3n) is 4.80. The topological polar surface area (TPSA) is 26.0 Å². The van der Waals surface area contributed by atoms with Crippen molar-refractivity contribution in [3.8, 4) is 0 Å². The van der Waals surface area contributed by atoms with Crippen molar-refractivity contribution in [2.24, 2.45) is 17.1 Å². The molecule has 3 atom stereocenters. The fourth-order valence-corrected chi connectivity index (χ4v) is 3.59. The van der Waals surface area contributed by atoms with Gasteiger partial charge in [0.05, 0.1) is 0 Å². The molecule has 0 amide bonds. The molecule has 106 valence electrons. The van der Waals surface area contributed by atoms with Crippen molar-refractivity contribution < 1.29 is 0 Å². The fourth-order valence-electron chi connectivity index (χ4n) is 3.59. The van der Waals surface area contributed by atoms with Crippen LogP contribution >= 0.6 is 0 Å². The van der Waals surface area contributed by atoms with Crippen LogP contribution in [0.5, 0.6) is 0 Å². The van der Waals surface area contributed by atoms with Crippen molar-refractivity contribution in [2.75, 3.05) is 0 Å². The van der Waals surface area contributed by atoms with Crippen LogP contribution in [0.1, 0.15) is 62.6 Å². The summed E-state index contributed by atoms with van der Waals surface area (Å²) in [5.41, 5.74) is 11.0. The van der Waals surface area contributed by atoms with Gasteiger partial charge in [-0.1, -0.05) is 50.1 Å². The summed E-state index contributed by atoms with van der Waals surface area (Å²) in [5.74, 6) is 1.33. The monoisotopic (exact) mass is 259 g/mol. The molecule has 1 fully saturated rings. The zero-order valence-electron chi connectivity index (χ0n) is 13.2. The zero-order chi connectivity index (χ0) is 14.2. The summed E-state index contributed by atoms with van der Waals surface area (Å²) in [7, 11) is 0. The molecule has 1 aromatic rings. The molecule has 1 heteroatoms. The van der Waals surface area contributed by atoms with Crippen molar-refractivity contribution in [3.63, 3.8) is 0 Å². The first-order valence-electron chi connectivity index (χ1n) is 7.61. The van der Waals surface area contributed by atoms with Crippen LogP contribution in [-0.2, 0) is 0 Å². The predicted molar refractivity (Wildman–Crippen MR) is 83.4 cm³/mol. The second-order valence-corrected chi connectivity index (χ2v) is 7.57. The minimum Gasteiger partial charge on any atom is -0.327 e. The van der Waals surface area contributed by atoms with Crippen LogP contribution in [0.2, 0.25) is 0 Å². The Morgan fingerprint density at radius 1 is 1.00 bits per heavy atom. The lowest BCUT2D eigenvalue weighted by Crippen LogP contribution is -2.38. The molecule has 0 radical (unpaired) electrons. The van der Waals surface area contributed by atoms with Gasteiger partial charge in [-0.3, -0.25) is 0 Å². The molecule has 1 saturated carbocycles. The van der Waals surface area contributed by atoms with Gasteiger partial charge >= 0.3 is 0 Å². The van der Waals surface area contributed by atoms with Gasteiger partial charge in [0.25, 0.3) is 0 Å². The fraction of sp³-hybridized carbons (Fsp3) is 0.667. The van der Waals surface area contributed by atoms with E-state index < -0.39 is 0 Å². The SMILES string of the molecule is Cc1cc(C)cc(C2CC(C(C)(C)C)CCC2N)c1. The molecule has 19 heavy (non-hydrogen) atoms. The van der Waals surface area contributed by atoms with Crippen LogP contribution < -0.4 is 5.73 Å². The first-order valence-corrected chi connectivity index (χ1v) is 7.61. The van der Waals surface area contributed by atoms with E-state index in [2.05, 4.69) is 52.8 Å². The van der Waals surface area contributed by atoms with E-state index in [1.165, 1.54) is 36.0 Å². The summed E-state index contributed by atoms with van der Waals surface area (Å²) >= 11 is 0. The molecule has 3 unspecified atom stereocenters. The Balaban J connectivity index is 2.26. The average molecular weight is 259 g/mol. The molecule has 1 aliphatic carbocycles. The number of hydrogen-bond acceptors (Lipinski definition) is 1. The largest absolute Gasteiger partial charge is 0.327 e. The maximum Gasteiger partial charge on any atom is 0.0108 e. The number of rotatable bonds is 1. The molecule has 0 saturated heterocycles. The van der Waals surface area contributed by atoms with Crippen molar-refractivity contribution in [3.05, 3.63) is 34.9 Å². The maximum atomic E-state index is 6.42. The van der Waals surface area contributed by atoms with Crippen LogP contribution in [-0.4, -0.2) is 6.04 Å². The lowest BCUT2D eigenvalue weighted by atomic mass is 9.66. The minimum absolute atomic E-state index is 0.333. The second kappa shape index (κ2) is 5.28. The highest BCUT2D eigenvalue weighted by atomic mass is 14.7. The number of benzene rings is 1. The van der Waals surface area contributed by atoms with Gasteiger partial charge in [-0.2, -0.15) is 0 Å². The van der Waals surface area contributed by atoms with Crippen LogP contribution in [0.15, 0.2) is 18.2 Å². The summed E-state index contributed by atoms with van der Waals surface area (Å²) in [4.78, 5) is 0. The van der Waals surface area contributed by atoms with Gasteiger partial charge in [-0.05, 0) is 55.9 Å². The first kappa shape index (κ1) is 14.6. The van der Waals surface area contributed by atoms with Crippen LogP contribution in [0, 0.1) is 25.2 Å². The molecule has 0 bridgehead atoms. The van der Waals surface area contributed by atoms with Gasteiger partial charge in [-0.15, -0.1) is 0 Å². The van der Waals surface area contributed by atoms with Crippen LogP contribution in [0.3, 0.4) is 0 Å². The summed E-state index contributed by atoms with van der Waals surface area (Å²) < 4.78 is 0. The lowest BCUT2D eigenvalue weighted by Gasteiger charge is -2.41. The van der Waals surface area contributed by atoms with Gasteiger partial charge in [0.15, 0.2) is 0 Å². The standard InChI is InChI=1S/C18H29N/c1-12-8-13(2)10-14(9-12)16-11-15(18(3,4)5)6-7-17(16)19/h8-10,15-17H,6-7,11,19H2,1-5H3. The number of aryl methyl sites for hydroxylation is 2. The molecule has 2 N–H and O–H groups in total. The third-order valence-corrected chi connectivity index (χ3v) is 4.80. The van der Waals surface area contributed by atoms with Gasteiger partial charge < -0.3 is 5.73 Å². The quantitative estimate of drug-likeness (QED) is 0.786. The Hall–Kier alpha value is -0.820. The van der Waals surface area contributed by atoms with E-state index in [0.717, 1.165) is 5.92 Å². The van der Waals surface area contributed by atoms with Crippen molar-refractivity contribution in [1.82, 2.24) is 0 Å². The van der Waals surface area contributed by atoms with E-state index in [9.17, 15) is 0 Å². The molecule has 0 spiro atoms. The van der Waals surface area contributed by atoms with Gasteiger partial charge in [0, 0.05) is 6.04 Å². The number of hydrogen-bond donors (Lipinski definition) is 1. The Labute approximate surface area is 118 Å². The van der Waals surface area contributed by atoms with E-state index in [-0.39, 0.29) is 0 Å². The second-order valence-electron chi connectivity index (χ2n) is 7.57. The highest BCUT2D eigenvalue weighted by Gasteiger charge is 2.35. The van der Waals surface area contributed by atoms with Gasteiger partial charge in [-0.25, -0.2) is 0 Å². The summed E-state index contributed by atoms with van der Waals surface area (Å²) in [6, 6.07) is 7.25. The Morgan fingerprint density at radius 3 is 2.11 bits per heavy atom.